The average molecular weight is 473 g/mol. The second-order valence-corrected chi connectivity index (χ2v) is 14.8. The van der Waals surface area contributed by atoms with Gasteiger partial charge >= 0.3 is 6.09 Å². The van der Waals surface area contributed by atoms with E-state index >= 15 is 0 Å². The summed E-state index contributed by atoms with van der Waals surface area (Å²) in [4.78, 5) is 11.8. The molecule has 1 aromatic rings. The molecule has 0 aliphatic heterocycles. The van der Waals surface area contributed by atoms with Crippen LogP contribution in [0.4, 0.5) is 4.79 Å². The van der Waals surface area contributed by atoms with E-state index in [9.17, 15) is 4.79 Å². The van der Waals surface area contributed by atoms with E-state index in [1.807, 2.05) is 0 Å². The van der Waals surface area contributed by atoms with Crippen LogP contribution < -0.4 is 10.1 Å². The van der Waals surface area contributed by atoms with Gasteiger partial charge in [-0.1, -0.05) is 20.8 Å². The number of carbonyl (C=O) groups is 1. The maximum absolute atomic E-state index is 11.8. The third kappa shape index (κ3) is 7.93. The first-order chi connectivity index (χ1) is 12.6. The summed E-state index contributed by atoms with van der Waals surface area (Å²) in [7, 11) is -1.79. The van der Waals surface area contributed by atoms with Crippen molar-refractivity contribution in [1.82, 2.24) is 5.32 Å². The molecule has 8 heteroatoms. The summed E-state index contributed by atoms with van der Waals surface area (Å²) in [5, 5.41) is 10.6. The smallest absolute Gasteiger partial charge is 0.413 e. The second-order valence-electron chi connectivity index (χ2n) is 9.10. The Morgan fingerprint density at radius 2 is 1.75 bits per heavy atom. The van der Waals surface area contributed by atoms with Crippen LogP contribution >= 0.6 is 15.9 Å². The summed E-state index contributed by atoms with van der Waals surface area (Å²) in [6.45, 7) is 17.3. The van der Waals surface area contributed by atoms with Crippen molar-refractivity contribution in [3.05, 3.63) is 28.2 Å². The van der Waals surface area contributed by atoms with Gasteiger partial charge in [0.05, 0.1) is 11.1 Å². The van der Waals surface area contributed by atoms with Gasteiger partial charge in [0, 0.05) is 5.56 Å². The van der Waals surface area contributed by atoms with Crippen molar-refractivity contribution < 1.29 is 18.7 Å². The minimum absolute atomic E-state index is 0.0391. The Labute approximate surface area is 178 Å². The van der Waals surface area contributed by atoms with Gasteiger partial charge in [-0.15, -0.1) is 0 Å². The number of hydrogen-bond donors (Lipinski definition) is 2. The van der Waals surface area contributed by atoms with E-state index in [1.54, 1.807) is 39.0 Å². The molecule has 6 nitrogen and oxygen atoms in total. The molecule has 0 bridgehead atoms. The van der Waals surface area contributed by atoms with Crippen molar-refractivity contribution >= 4 is 36.2 Å². The van der Waals surface area contributed by atoms with Crippen molar-refractivity contribution in [2.45, 2.75) is 65.3 Å². The standard InChI is InChI=1S/C20H33BrN2O4Si/c1-19(2,3)27-18(24)23-17(22)14-9-10-16(15(21)13-14)25-11-12-26-28(7,8)20(4,5)6/h9-10,13H,11-12H2,1-8H3,(H2,22,23,24). The van der Waals surface area contributed by atoms with Gasteiger partial charge in [-0.3, -0.25) is 10.7 Å². The molecule has 0 saturated heterocycles. The zero-order valence-electron chi connectivity index (χ0n) is 18.2. The maximum atomic E-state index is 11.8. The summed E-state index contributed by atoms with van der Waals surface area (Å²) < 4.78 is 17.8. The molecule has 0 fully saturated rings. The van der Waals surface area contributed by atoms with Crippen molar-refractivity contribution in [3.63, 3.8) is 0 Å². The third-order valence-electron chi connectivity index (χ3n) is 4.46. The van der Waals surface area contributed by atoms with Gasteiger partial charge in [0.15, 0.2) is 8.32 Å². The van der Waals surface area contributed by atoms with Gasteiger partial charge in [-0.2, -0.15) is 0 Å². The molecule has 1 rings (SSSR count). The van der Waals surface area contributed by atoms with E-state index < -0.39 is 20.0 Å². The number of hydrogen-bond acceptors (Lipinski definition) is 5. The lowest BCUT2D eigenvalue weighted by atomic mass is 10.2. The summed E-state index contributed by atoms with van der Waals surface area (Å²) >= 11 is 3.46. The van der Waals surface area contributed by atoms with E-state index in [-0.39, 0.29) is 10.9 Å². The molecule has 1 amide bonds. The normalized spacial score (nSPS) is 12.5. The van der Waals surface area contributed by atoms with Crippen LogP contribution in [0.1, 0.15) is 47.1 Å². The molecule has 0 saturated carbocycles. The Kier molecular flexibility index (Phi) is 8.29. The van der Waals surface area contributed by atoms with Gasteiger partial charge in [0.2, 0.25) is 0 Å². The zero-order chi connectivity index (χ0) is 21.8. The van der Waals surface area contributed by atoms with Crippen molar-refractivity contribution in [1.29, 1.82) is 5.41 Å². The van der Waals surface area contributed by atoms with E-state index in [0.29, 0.717) is 29.0 Å². The molecule has 1 aromatic carbocycles. The summed E-state index contributed by atoms with van der Waals surface area (Å²) in [6, 6.07) is 5.20. The van der Waals surface area contributed by atoms with Crippen LogP contribution in [0, 0.1) is 5.41 Å². The van der Waals surface area contributed by atoms with Crippen molar-refractivity contribution in [2.75, 3.05) is 13.2 Å². The lowest BCUT2D eigenvalue weighted by molar-refractivity contribution is 0.0563. The zero-order valence-corrected chi connectivity index (χ0v) is 20.7. The molecule has 158 valence electrons. The molecule has 0 aliphatic carbocycles. The highest BCUT2D eigenvalue weighted by molar-refractivity contribution is 9.10. The first-order valence-electron chi connectivity index (χ1n) is 9.27. The van der Waals surface area contributed by atoms with Crippen LogP contribution in [-0.2, 0) is 9.16 Å². The Hall–Kier alpha value is -1.38. The lowest BCUT2D eigenvalue weighted by Gasteiger charge is -2.36. The quantitative estimate of drug-likeness (QED) is 0.240. The molecule has 0 spiro atoms. The first-order valence-corrected chi connectivity index (χ1v) is 13.0. The minimum atomic E-state index is -1.79. The Morgan fingerprint density at radius 3 is 2.25 bits per heavy atom. The number of amidine groups is 1. The number of halogens is 1. The molecule has 0 aliphatic rings. The molecule has 2 N–H and O–H groups in total. The highest BCUT2D eigenvalue weighted by Gasteiger charge is 2.36. The molecule has 0 unspecified atom stereocenters. The third-order valence-corrected chi connectivity index (χ3v) is 9.61. The molecule has 0 aromatic heterocycles. The van der Waals surface area contributed by atoms with Gasteiger partial charge in [0.25, 0.3) is 0 Å². The van der Waals surface area contributed by atoms with E-state index in [1.165, 1.54) is 0 Å². The minimum Gasteiger partial charge on any atom is -0.490 e. The highest BCUT2D eigenvalue weighted by Crippen LogP contribution is 2.36. The number of alkyl carbamates (subject to hydrolysis) is 1. The number of rotatable bonds is 6. The fourth-order valence-electron chi connectivity index (χ4n) is 1.92. The number of nitrogens with one attached hydrogen (secondary N) is 2. The Bertz CT molecular complexity index is 709. The van der Waals surface area contributed by atoms with Crippen LogP contribution in [0.2, 0.25) is 18.1 Å². The number of amides is 1. The monoisotopic (exact) mass is 472 g/mol. The van der Waals surface area contributed by atoms with Crippen LogP contribution in [-0.4, -0.2) is 39.1 Å². The molecular weight excluding hydrogens is 440 g/mol. The Morgan fingerprint density at radius 1 is 1.14 bits per heavy atom. The SMILES string of the molecule is CC(C)(C)OC(=O)NC(=N)c1ccc(OCCO[Si](C)(C)C(C)(C)C)c(Br)c1. The van der Waals surface area contributed by atoms with Crippen molar-refractivity contribution in [3.8, 4) is 5.75 Å². The molecule has 28 heavy (non-hydrogen) atoms. The maximum Gasteiger partial charge on any atom is 0.413 e. The number of benzene rings is 1. The van der Waals surface area contributed by atoms with Gasteiger partial charge in [-0.25, -0.2) is 4.79 Å². The van der Waals surface area contributed by atoms with Crippen LogP contribution in [0.5, 0.6) is 5.75 Å². The topological polar surface area (TPSA) is 80.6 Å². The number of ether oxygens (including phenoxy) is 2. The average Bonchev–Trinajstić information content (AvgIpc) is 2.49. The van der Waals surface area contributed by atoms with Crippen molar-refractivity contribution in [2.24, 2.45) is 0 Å². The predicted octanol–water partition coefficient (Wildman–Crippen LogP) is 5.70. The fraction of sp³-hybridized carbons (Fsp3) is 0.600. The van der Waals surface area contributed by atoms with E-state index in [4.69, 9.17) is 19.3 Å². The van der Waals surface area contributed by atoms with E-state index in [0.717, 1.165) is 0 Å². The molecule has 0 radical (unpaired) electrons. The highest BCUT2D eigenvalue weighted by atomic mass is 79.9. The second kappa shape index (κ2) is 9.41. The number of carbonyl (C=O) groups excluding carboxylic acids is 1. The first kappa shape index (κ1) is 24.7. The fourth-order valence-corrected chi connectivity index (χ4v) is 3.44. The predicted molar refractivity (Wildman–Crippen MR) is 119 cm³/mol. The van der Waals surface area contributed by atoms with Crippen LogP contribution in [0.3, 0.4) is 0 Å². The van der Waals surface area contributed by atoms with Crippen LogP contribution in [0.15, 0.2) is 22.7 Å². The Balaban J connectivity index is 2.60. The molecular formula is C20H33BrN2O4Si. The van der Waals surface area contributed by atoms with Gasteiger partial charge < -0.3 is 13.9 Å². The van der Waals surface area contributed by atoms with Gasteiger partial charge in [0.1, 0.15) is 23.8 Å². The lowest BCUT2D eigenvalue weighted by Crippen LogP contribution is -2.41. The summed E-state index contributed by atoms with van der Waals surface area (Å²) in [5.41, 5.74) is -0.0719. The van der Waals surface area contributed by atoms with E-state index in [2.05, 4.69) is 55.1 Å². The van der Waals surface area contributed by atoms with Crippen LogP contribution in [0.25, 0.3) is 0 Å². The molecule has 0 atom stereocenters. The van der Waals surface area contributed by atoms with Gasteiger partial charge in [-0.05, 0) is 73.0 Å². The largest absolute Gasteiger partial charge is 0.490 e. The summed E-state index contributed by atoms with van der Waals surface area (Å²) in [6.07, 6.45) is -0.656. The summed E-state index contributed by atoms with van der Waals surface area (Å²) in [5.74, 6) is 0.621. The molecule has 0 heterocycles.